The van der Waals surface area contributed by atoms with Crippen molar-refractivity contribution in [2.45, 2.75) is 18.9 Å². The first kappa shape index (κ1) is 16.6. The van der Waals surface area contributed by atoms with Crippen LogP contribution in [0.2, 0.25) is 5.02 Å². The third kappa shape index (κ3) is 3.47. The summed E-state index contributed by atoms with van der Waals surface area (Å²) in [5.74, 6) is 0.246. The van der Waals surface area contributed by atoms with E-state index in [0.29, 0.717) is 40.9 Å². The number of methoxy groups -OCH3 is 1. The Hall–Kier alpha value is -2.25. The van der Waals surface area contributed by atoms with Crippen LogP contribution in [0.1, 0.15) is 23.3 Å². The number of pyridine rings is 1. The minimum Gasteiger partial charge on any atom is -0.481 e. The van der Waals surface area contributed by atoms with E-state index in [9.17, 15) is 4.79 Å². The van der Waals surface area contributed by atoms with E-state index in [2.05, 4.69) is 15.0 Å². The molecule has 0 radical (unpaired) electrons. The number of amides is 1. The highest BCUT2D eigenvalue weighted by molar-refractivity contribution is 6.30. The molecule has 1 aliphatic heterocycles. The largest absolute Gasteiger partial charge is 0.481 e. The highest BCUT2D eigenvalue weighted by atomic mass is 35.5. The van der Waals surface area contributed by atoms with Crippen LogP contribution in [0.15, 0.2) is 24.7 Å². The molecule has 0 aromatic carbocycles. The summed E-state index contributed by atoms with van der Waals surface area (Å²) < 4.78 is 5.21. The van der Waals surface area contributed by atoms with Gasteiger partial charge in [-0.05, 0) is 18.9 Å². The fraction of sp³-hybridized carbons (Fsp3) is 0.375. The number of aromatic nitrogens is 3. The summed E-state index contributed by atoms with van der Waals surface area (Å²) >= 11 is 5.98. The molecule has 0 spiro atoms. The van der Waals surface area contributed by atoms with Gasteiger partial charge in [-0.25, -0.2) is 9.97 Å². The van der Waals surface area contributed by atoms with Crippen LogP contribution in [0.25, 0.3) is 11.3 Å². The zero-order chi connectivity index (χ0) is 17.1. The lowest BCUT2D eigenvalue weighted by molar-refractivity contribution is 0.0702. The van der Waals surface area contributed by atoms with Crippen molar-refractivity contribution in [2.24, 2.45) is 5.73 Å². The number of rotatable bonds is 3. The van der Waals surface area contributed by atoms with E-state index in [1.54, 1.807) is 11.0 Å². The maximum absolute atomic E-state index is 12.5. The predicted molar refractivity (Wildman–Crippen MR) is 89.9 cm³/mol. The number of carbonyl (C=O) groups is 1. The summed E-state index contributed by atoms with van der Waals surface area (Å²) in [7, 11) is 1.52. The average Bonchev–Trinajstić information content (AvgIpc) is 2.61. The average molecular weight is 348 g/mol. The second kappa shape index (κ2) is 7.11. The molecule has 3 rings (SSSR count). The van der Waals surface area contributed by atoms with Gasteiger partial charge in [0.2, 0.25) is 5.88 Å². The fourth-order valence-corrected chi connectivity index (χ4v) is 2.86. The normalized spacial score (nSPS) is 17.6. The third-order valence-corrected chi connectivity index (χ3v) is 4.11. The van der Waals surface area contributed by atoms with Crippen LogP contribution in [-0.2, 0) is 0 Å². The van der Waals surface area contributed by atoms with Crippen molar-refractivity contribution >= 4 is 17.5 Å². The van der Waals surface area contributed by atoms with E-state index in [4.69, 9.17) is 22.1 Å². The number of hydrogen-bond donors (Lipinski definition) is 1. The van der Waals surface area contributed by atoms with Gasteiger partial charge < -0.3 is 15.4 Å². The summed E-state index contributed by atoms with van der Waals surface area (Å²) in [4.78, 5) is 26.9. The zero-order valence-corrected chi connectivity index (χ0v) is 14.0. The summed E-state index contributed by atoms with van der Waals surface area (Å²) in [6, 6.07) is 1.72. The van der Waals surface area contributed by atoms with Gasteiger partial charge in [0.25, 0.3) is 5.91 Å². The second-order valence-corrected chi connectivity index (χ2v) is 6.09. The number of halogens is 1. The zero-order valence-electron chi connectivity index (χ0n) is 13.3. The number of carbonyl (C=O) groups excluding carboxylic acids is 1. The van der Waals surface area contributed by atoms with Gasteiger partial charge in [-0.1, -0.05) is 11.6 Å². The quantitative estimate of drug-likeness (QED) is 0.909. The molecular weight excluding hydrogens is 330 g/mol. The van der Waals surface area contributed by atoms with Gasteiger partial charge in [-0.2, -0.15) is 0 Å². The van der Waals surface area contributed by atoms with Crippen molar-refractivity contribution in [3.05, 3.63) is 35.4 Å². The number of piperidine rings is 1. The number of likely N-dealkylation sites (tertiary alicyclic amines) is 1. The SMILES string of the molecule is COc1ncc(Cl)cc1-c1cnc(C(=O)N2CCCC(N)C2)cn1. The molecule has 0 bridgehead atoms. The topological polar surface area (TPSA) is 94.2 Å². The lowest BCUT2D eigenvalue weighted by atomic mass is 10.1. The minimum atomic E-state index is -0.152. The molecule has 1 fully saturated rings. The molecule has 0 aliphatic carbocycles. The van der Waals surface area contributed by atoms with Gasteiger partial charge in [0, 0.05) is 25.3 Å². The molecule has 1 amide bonds. The first-order chi connectivity index (χ1) is 11.6. The molecule has 3 heterocycles. The first-order valence-electron chi connectivity index (χ1n) is 7.65. The van der Waals surface area contributed by atoms with E-state index in [-0.39, 0.29) is 11.9 Å². The van der Waals surface area contributed by atoms with Gasteiger partial charge in [-0.3, -0.25) is 9.78 Å². The van der Waals surface area contributed by atoms with Gasteiger partial charge in [0.1, 0.15) is 5.69 Å². The van der Waals surface area contributed by atoms with Gasteiger partial charge >= 0.3 is 0 Å². The summed E-state index contributed by atoms with van der Waals surface area (Å²) in [5.41, 5.74) is 7.37. The van der Waals surface area contributed by atoms with Crippen LogP contribution in [0.3, 0.4) is 0 Å². The van der Waals surface area contributed by atoms with Crippen LogP contribution in [0.5, 0.6) is 5.88 Å². The number of nitrogens with two attached hydrogens (primary N) is 1. The Morgan fingerprint density at radius 3 is 2.83 bits per heavy atom. The molecule has 24 heavy (non-hydrogen) atoms. The van der Waals surface area contributed by atoms with Crippen molar-refractivity contribution in [1.82, 2.24) is 19.9 Å². The van der Waals surface area contributed by atoms with Crippen LogP contribution in [-0.4, -0.2) is 52.0 Å². The lowest BCUT2D eigenvalue weighted by Gasteiger charge is -2.30. The Balaban J connectivity index is 1.83. The Labute approximate surface area is 144 Å². The maximum atomic E-state index is 12.5. The predicted octanol–water partition coefficient (Wildman–Crippen LogP) is 1.76. The highest BCUT2D eigenvalue weighted by Crippen LogP contribution is 2.28. The van der Waals surface area contributed by atoms with Crippen LogP contribution in [0.4, 0.5) is 0 Å². The van der Waals surface area contributed by atoms with Crippen molar-refractivity contribution in [3.8, 4) is 17.1 Å². The summed E-state index contributed by atoms with van der Waals surface area (Å²) in [5, 5.41) is 0.468. The monoisotopic (exact) mass is 347 g/mol. The number of ether oxygens (including phenoxy) is 1. The molecule has 1 atom stereocenters. The number of hydrogen-bond acceptors (Lipinski definition) is 6. The Kier molecular flexibility index (Phi) is 4.92. The molecule has 8 heteroatoms. The van der Waals surface area contributed by atoms with Gasteiger partial charge in [-0.15, -0.1) is 0 Å². The molecule has 2 N–H and O–H groups in total. The maximum Gasteiger partial charge on any atom is 0.274 e. The molecule has 1 saturated heterocycles. The van der Waals surface area contributed by atoms with Crippen LogP contribution < -0.4 is 10.5 Å². The highest BCUT2D eigenvalue weighted by Gasteiger charge is 2.23. The van der Waals surface area contributed by atoms with E-state index in [0.717, 1.165) is 12.8 Å². The fourth-order valence-electron chi connectivity index (χ4n) is 2.71. The van der Waals surface area contributed by atoms with E-state index in [1.165, 1.54) is 25.7 Å². The van der Waals surface area contributed by atoms with Gasteiger partial charge in [0.15, 0.2) is 0 Å². The molecule has 2 aromatic rings. The smallest absolute Gasteiger partial charge is 0.274 e. The molecule has 126 valence electrons. The van der Waals surface area contributed by atoms with Crippen LogP contribution in [0, 0.1) is 0 Å². The Morgan fingerprint density at radius 2 is 2.17 bits per heavy atom. The van der Waals surface area contributed by atoms with Crippen molar-refractivity contribution in [3.63, 3.8) is 0 Å². The molecular formula is C16H18ClN5O2. The molecule has 7 nitrogen and oxygen atoms in total. The molecule has 2 aromatic heterocycles. The van der Waals surface area contributed by atoms with Crippen molar-refractivity contribution < 1.29 is 9.53 Å². The van der Waals surface area contributed by atoms with E-state index in [1.807, 2.05) is 0 Å². The summed E-state index contributed by atoms with van der Waals surface area (Å²) in [6.45, 7) is 1.25. The number of nitrogens with zero attached hydrogens (tertiary/aromatic N) is 4. The van der Waals surface area contributed by atoms with Crippen LogP contribution >= 0.6 is 11.6 Å². The molecule has 0 saturated carbocycles. The summed E-state index contributed by atoms with van der Waals surface area (Å²) in [6.07, 6.45) is 6.32. The van der Waals surface area contributed by atoms with Gasteiger partial charge in [0.05, 0.1) is 35.8 Å². The van der Waals surface area contributed by atoms with E-state index < -0.39 is 0 Å². The molecule has 1 unspecified atom stereocenters. The second-order valence-electron chi connectivity index (χ2n) is 5.65. The Bertz CT molecular complexity index is 738. The Morgan fingerprint density at radius 1 is 1.33 bits per heavy atom. The van der Waals surface area contributed by atoms with Crippen molar-refractivity contribution in [1.29, 1.82) is 0 Å². The van der Waals surface area contributed by atoms with E-state index >= 15 is 0 Å². The third-order valence-electron chi connectivity index (χ3n) is 3.90. The lowest BCUT2D eigenvalue weighted by Crippen LogP contribution is -2.45. The standard InChI is InChI=1S/C16H18ClN5O2/c1-24-15-12(5-10(17)6-21-15)13-7-20-14(8-19-13)16(23)22-4-2-3-11(18)9-22/h5-8,11H,2-4,9,18H2,1H3. The van der Waals surface area contributed by atoms with Crippen molar-refractivity contribution in [2.75, 3.05) is 20.2 Å². The minimum absolute atomic E-state index is 0.0247. The molecule has 1 aliphatic rings. The first-order valence-corrected chi connectivity index (χ1v) is 8.03.